The first-order valence-corrected chi connectivity index (χ1v) is 6.26. The number of fused-ring (bicyclic) bond motifs is 1. The Hall–Kier alpha value is -1.55. The van der Waals surface area contributed by atoms with E-state index in [-0.39, 0.29) is 12.0 Å². The molecular weight excluding hydrogens is 228 g/mol. The molecule has 1 heterocycles. The summed E-state index contributed by atoms with van der Waals surface area (Å²) < 4.78 is 4.77. The van der Waals surface area contributed by atoms with Crippen LogP contribution in [0.3, 0.4) is 0 Å². The van der Waals surface area contributed by atoms with Gasteiger partial charge in [-0.05, 0) is 31.5 Å². The molecule has 4 heteroatoms. The lowest BCUT2D eigenvalue weighted by Gasteiger charge is -2.23. The van der Waals surface area contributed by atoms with Gasteiger partial charge in [0.15, 0.2) is 0 Å². The van der Waals surface area contributed by atoms with E-state index in [4.69, 9.17) is 4.74 Å². The molecule has 1 aliphatic heterocycles. The number of hydrogen-bond acceptors (Lipinski definition) is 4. The van der Waals surface area contributed by atoms with Crippen molar-refractivity contribution in [3.8, 4) is 0 Å². The van der Waals surface area contributed by atoms with Crippen LogP contribution in [0.25, 0.3) is 0 Å². The van der Waals surface area contributed by atoms with Crippen molar-refractivity contribution in [3.63, 3.8) is 0 Å². The van der Waals surface area contributed by atoms with Crippen molar-refractivity contribution < 1.29 is 9.53 Å². The molecule has 0 saturated carbocycles. The number of anilines is 1. The van der Waals surface area contributed by atoms with Gasteiger partial charge in [0.05, 0.1) is 7.11 Å². The minimum absolute atomic E-state index is 0.196. The van der Waals surface area contributed by atoms with Crippen molar-refractivity contribution in [1.82, 2.24) is 4.90 Å². The van der Waals surface area contributed by atoms with E-state index in [1.165, 1.54) is 23.9 Å². The SMILES string of the molecule is COC(=O)C(C)N(C)Cc1cccc2c1NCC2. The summed E-state index contributed by atoms with van der Waals surface area (Å²) in [6.07, 6.45) is 1.08. The lowest BCUT2D eigenvalue weighted by molar-refractivity contribution is -0.145. The zero-order valence-corrected chi connectivity index (χ0v) is 11.2. The summed E-state index contributed by atoms with van der Waals surface area (Å²) in [5.74, 6) is -0.196. The second-order valence-electron chi connectivity index (χ2n) is 4.74. The fraction of sp³-hybridized carbons (Fsp3) is 0.500. The first kappa shape index (κ1) is 12.9. The van der Waals surface area contributed by atoms with E-state index in [1.54, 1.807) is 0 Å². The first-order valence-electron chi connectivity index (χ1n) is 6.26. The van der Waals surface area contributed by atoms with Crippen LogP contribution in [0.2, 0.25) is 0 Å². The molecule has 1 unspecified atom stereocenters. The van der Waals surface area contributed by atoms with Crippen molar-refractivity contribution in [3.05, 3.63) is 29.3 Å². The maximum absolute atomic E-state index is 11.5. The second kappa shape index (κ2) is 5.40. The molecule has 1 aliphatic rings. The van der Waals surface area contributed by atoms with E-state index < -0.39 is 0 Å². The van der Waals surface area contributed by atoms with Crippen LogP contribution in [0.15, 0.2) is 18.2 Å². The topological polar surface area (TPSA) is 41.6 Å². The van der Waals surface area contributed by atoms with E-state index in [9.17, 15) is 4.79 Å². The number of esters is 1. The zero-order chi connectivity index (χ0) is 13.1. The molecular formula is C14H20N2O2. The van der Waals surface area contributed by atoms with Crippen molar-refractivity contribution in [1.29, 1.82) is 0 Å². The van der Waals surface area contributed by atoms with Gasteiger partial charge in [-0.25, -0.2) is 0 Å². The number of carbonyl (C=O) groups is 1. The number of carbonyl (C=O) groups excluding carboxylic acids is 1. The van der Waals surface area contributed by atoms with Crippen LogP contribution in [-0.4, -0.2) is 37.6 Å². The predicted molar refractivity (Wildman–Crippen MR) is 71.6 cm³/mol. The summed E-state index contributed by atoms with van der Waals surface area (Å²) in [7, 11) is 3.37. The molecule has 2 rings (SSSR count). The standard InChI is InChI=1S/C14H20N2O2/c1-10(14(17)18-3)16(2)9-12-6-4-5-11-7-8-15-13(11)12/h4-6,10,15H,7-9H2,1-3H3. The average Bonchev–Trinajstić information content (AvgIpc) is 2.86. The number of methoxy groups -OCH3 is 1. The maximum atomic E-state index is 11.5. The molecule has 0 amide bonds. The van der Waals surface area contributed by atoms with E-state index in [1.807, 2.05) is 18.9 Å². The number of hydrogen-bond donors (Lipinski definition) is 1. The predicted octanol–water partition coefficient (Wildman–Crippen LogP) is 1.65. The molecule has 0 radical (unpaired) electrons. The van der Waals surface area contributed by atoms with Gasteiger partial charge in [0, 0.05) is 18.8 Å². The largest absolute Gasteiger partial charge is 0.468 e. The first-order chi connectivity index (χ1) is 8.63. The van der Waals surface area contributed by atoms with Crippen molar-refractivity contribution in [2.75, 3.05) is 26.0 Å². The number of nitrogens with one attached hydrogen (secondary N) is 1. The Labute approximate surface area is 108 Å². The van der Waals surface area contributed by atoms with Gasteiger partial charge in [-0.3, -0.25) is 9.69 Å². The van der Waals surface area contributed by atoms with Gasteiger partial charge in [-0.2, -0.15) is 0 Å². The monoisotopic (exact) mass is 248 g/mol. The Bertz CT molecular complexity index is 445. The molecule has 1 aromatic carbocycles. The van der Waals surface area contributed by atoms with E-state index >= 15 is 0 Å². The van der Waals surface area contributed by atoms with Crippen LogP contribution >= 0.6 is 0 Å². The fourth-order valence-electron chi connectivity index (χ4n) is 2.30. The Kier molecular flexibility index (Phi) is 3.87. The van der Waals surface area contributed by atoms with Crippen molar-refractivity contribution in [2.45, 2.75) is 25.9 Å². The number of likely N-dealkylation sites (N-methyl/N-ethyl adjacent to an activating group) is 1. The highest BCUT2D eigenvalue weighted by Crippen LogP contribution is 2.27. The summed E-state index contributed by atoms with van der Waals surface area (Å²) in [6, 6.07) is 6.12. The molecule has 4 nitrogen and oxygen atoms in total. The minimum Gasteiger partial charge on any atom is -0.468 e. The minimum atomic E-state index is -0.229. The molecule has 1 aromatic rings. The molecule has 0 aliphatic carbocycles. The van der Waals surface area contributed by atoms with Crippen LogP contribution in [0.1, 0.15) is 18.1 Å². The van der Waals surface area contributed by atoms with E-state index in [2.05, 4.69) is 23.5 Å². The lowest BCUT2D eigenvalue weighted by Crippen LogP contribution is -2.36. The van der Waals surface area contributed by atoms with Gasteiger partial charge >= 0.3 is 5.97 Å². The molecule has 18 heavy (non-hydrogen) atoms. The molecule has 0 fully saturated rings. The van der Waals surface area contributed by atoms with Gasteiger partial charge in [0.2, 0.25) is 0 Å². The number of rotatable bonds is 4. The van der Waals surface area contributed by atoms with E-state index in [0.717, 1.165) is 19.5 Å². The molecule has 98 valence electrons. The highest BCUT2D eigenvalue weighted by molar-refractivity contribution is 5.75. The molecule has 0 bridgehead atoms. The van der Waals surface area contributed by atoms with Crippen LogP contribution in [-0.2, 0) is 22.5 Å². The number of ether oxygens (including phenoxy) is 1. The molecule has 1 atom stereocenters. The van der Waals surface area contributed by atoms with Crippen LogP contribution < -0.4 is 5.32 Å². The third kappa shape index (κ3) is 2.48. The Morgan fingerprint density at radius 3 is 3.06 bits per heavy atom. The Morgan fingerprint density at radius 2 is 2.33 bits per heavy atom. The number of benzene rings is 1. The van der Waals surface area contributed by atoms with Crippen molar-refractivity contribution >= 4 is 11.7 Å². The van der Waals surface area contributed by atoms with Gasteiger partial charge < -0.3 is 10.1 Å². The van der Waals surface area contributed by atoms with Crippen LogP contribution in [0.4, 0.5) is 5.69 Å². The number of para-hydroxylation sites is 1. The Balaban J connectivity index is 2.10. The van der Waals surface area contributed by atoms with Gasteiger partial charge in [0.1, 0.15) is 6.04 Å². The second-order valence-corrected chi connectivity index (χ2v) is 4.74. The third-order valence-corrected chi connectivity index (χ3v) is 3.56. The maximum Gasteiger partial charge on any atom is 0.322 e. The van der Waals surface area contributed by atoms with Crippen LogP contribution in [0.5, 0.6) is 0 Å². The highest BCUT2D eigenvalue weighted by Gasteiger charge is 2.21. The highest BCUT2D eigenvalue weighted by atomic mass is 16.5. The summed E-state index contributed by atoms with van der Waals surface area (Å²) in [4.78, 5) is 13.5. The lowest BCUT2D eigenvalue weighted by atomic mass is 10.1. The summed E-state index contributed by atoms with van der Waals surface area (Å²) in [5.41, 5.74) is 3.84. The quantitative estimate of drug-likeness (QED) is 0.823. The van der Waals surface area contributed by atoms with Crippen LogP contribution in [0, 0.1) is 0 Å². The summed E-state index contributed by atoms with van der Waals surface area (Å²) in [5, 5.41) is 3.41. The van der Waals surface area contributed by atoms with Gasteiger partial charge in [-0.15, -0.1) is 0 Å². The molecule has 0 saturated heterocycles. The summed E-state index contributed by atoms with van der Waals surface area (Å²) in [6.45, 7) is 3.61. The fourth-order valence-corrected chi connectivity index (χ4v) is 2.30. The Morgan fingerprint density at radius 1 is 1.56 bits per heavy atom. The third-order valence-electron chi connectivity index (χ3n) is 3.56. The van der Waals surface area contributed by atoms with Crippen molar-refractivity contribution in [2.24, 2.45) is 0 Å². The van der Waals surface area contributed by atoms with Gasteiger partial charge in [-0.1, -0.05) is 18.2 Å². The molecule has 0 aromatic heterocycles. The zero-order valence-electron chi connectivity index (χ0n) is 11.2. The number of nitrogens with zero attached hydrogens (tertiary/aromatic N) is 1. The van der Waals surface area contributed by atoms with Gasteiger partial charge in [0.25, 0.3) is 0 Å². The van der Waals surface area contributed by atoms with E-state index in [0.29, 0.717) is 0 Å². The molecule has 0 spiro atoms. The summed E-state index contributed by atoms with van der Waals surface area (Å²) >= 11 is 0. The smallest absolute Gasteiger partial charge is 0.322 e. The normalized spacial score (nSPS) is 15.1. The average molecular weight is 248 g/mol. The molecule has 1 N–H and O–H groups in total.